The fraction of sp³-hybridized carbons (Fsp3) is 0.286. The van der Waals surface area contributed by atoms with E-state index in [4.69, 9.17) is 0 Å². The van der Waals surface area contributed by atoms with Crippen LogP contribution in [0.25, 0.3) is 0 Å². The number of hydrogen-bond donors (Lipinski definition) is 0. The van der Waals surface area contributed by atoms with Gasteiger partial charge in [-0.1, -0.05) is 11.3 Å². The molecule has 0 aliphatic carbocycles. The summed E-state index contributed by atoms with van der Waals surface area (Å²) in [7, 11) is 0. The van der Waals surface area contributed by atoms with Gasteiger partial charge in [-0.2, -0.15) is 5.10 Å². The maximum absolute atomic E-state index is 4.08. The van der Waals surface area contributed by atoms with Crippen molar-refractivity contribution in [2.24, 2.45) is 0 Å². The molecular formula is C7H8N4S. The molecule has 0 radical (unpaired) electrons. The third kappa shape index (κ3) is 1.50. The molecule has 2 rings (SSSR count). The van der Waals surface area contributed by atoms with E-state index in [0.717, 1.165) is 16.6 Å². The highest BCUT2D eigenvalue weighted by atomic mass is 32.1. The normalized spacial score (nSPS) is 10.4. The van der Waals surface area contributed by atoms with E-state index < -0.39 is 0 Å². The Balaban J connectivity index is 2.14. The molecule has 0 aliphatic heterocycles. The smallest absolute Gasteiger partial charge is 0.139 e. The predicted octanol–water partition coefficient (Wildman–Crippen LogP) is 1.09. The zero-order chi connectivity index (χ0) is 8.39. The first-order valence-corrected chi connectivity index (χ1v) is 4.42. The number of nitrogens with zero attached hydrogens (tertiary/aromatic N) is 4. The number of rotatable bonds is 2. The van der Waals surface area contributed by atoms with Gasteiger partial charge in [-0.25, -0.2) is 0 Å². The topological polar surface area (TPSA) is 43.6 Å². The maximum Gasteiger partial charge on any atom is 0.139 e. The largest absolute Gasteiger partial charge is 0.266 e. The molecule has 0 bridgehead atoms. The molecule has 0 saturated heterocycles. The molecule has 0 spiro atoms. The van der Waals surface area contributed by atoms with Gasteiger partial charge in [-0.15, -0.1) is 10.2 Å². The van der Waals surface area contributed by atoms with Gasteiger partial charge in [0.25, 0.3) is 0 Å². The third-order valence-corrected chi connectivity index (χ3v) is 2.25. The molecule has 2 heterocycles. The summed E-state index contributed by atoms with van der Waals surface area (Å²) in [5, 5.41) is 14.0. The van der Waals surface area contributed by atoms with E-state index in [1.54, 1.807) is 17.5 Å². The average molecular weight is 180 g/mol. The van der Waals surface area contributed by atoms with Gasteiger partial charge in [0.2, 0.25) is 0 Å². The van der Waals surface area contributed by atoms with Gasteiger partial charge >= 0.3 is 0 Å². The lowest BCUT2D eigenvalue weighted by Crippen LogP contribution is -1.98. The Hall–Kier alpha value is -1.23. The highest BCUT2D eigenvalue weighted by molar-refractivity contribution is 7.11. The summed E-state index contributed by atoms with van der Waals surface area (Å²) in [5.41, 5.74) is 0. The minimum absolute atomic E-state index is 0.721. The van der Waals surface area contributed by atoms with Gasteiger partial charge in [-0.05, 0) is 13.0 Å². The zero-order valence-electron chi connectivity index (χ0n) is 6.64. The Labute approximate surface area is 73.9 Å². The molecule has 0 unspecified atom stereocenters. The monoisotopic (exact) mass is 180 g/mol. The van der Waals surface area contributed by atoms with Crippen molar-refractivity contribution in [3.63, 3.8) is 0 Å². The number of hydrogen-bond acceptors (Lipinski definition) is 4. The Morgan fingerprint density at radius 1 is 1.50 bits per heavy atom. The van der Waals surface area contributed by atoms with Crippen LogP contribution < -0.4 is 0 Å². The van der Waals surface area contributed by atoms with Crippen LogP contribution in [0.3, 0.4) is 0 Å². The van der Waals surface area contributed by atoms with Gasteiger partial charge in [-0.3, -0.25) is 4.68 Å². The molecule has 0 fully saturated rings. The van der Waals surface area contributed by atoms with Crippen molar-refractivity contribution in [3.05, 3.63) is 28.5 Å². The SMILES string of the molecule is Cc1nnc(Cn2cccn2)s1. The average Bonchev–Trinajstić information content (AvgIpc) is 2.63. The lowest BCUT2D eigenvalue weighted by atomic mass is 10.7. The van der Waals surface area contributed by atoms with Gasteiger partial charge in [0.1, 0.15) is 10.0 Å². The molecule has 2 aromatic rings. The van der Waals surface area contributed by atoms with Crippen LogP contribution in [0.2, 0.25) is 0 Å². The highest BCUT2D eigenvalue weighted by Gasteiger charge is 2.00. The standard InChI is InChI=1S/C7H8N4S/c1-6-9-10-7(12-6)5-11-4-2-3-8-11/h2-4H,5H2,1H3. The van der Waals surface area contributed by atoms with E-state index in [1.165, 1.54) is 0 Å². The van der Waals surface area contributed by atoms with Crippen LogP contribution in [0.5, 0.6) is 0 Å². The minimum atomic E-state index is 0.721. The second-order valence-corrected chi connectivity index (χ2v) is 3.68. The van der Waals surface area contributed by atoms with E-state index in [9.17, 15) is 0 Å². The van der Waals surface area contributed by atoms with Crippen LogP contribution in [0.1, 0.15) is 10.0 Å². The molecule has 62 valence electrons. The van der Waals surface area contributed by atoms with E-state index in [0.29, 0.717) is 0 Å². The molecule has 2 aromatic heterocycles. The predicted molar refractivity (Wildman–Crippen MR) is 46.0 cm³/mol. The first-order valence-electron chi connectivity index (χ1n) is 3.61. The van der Waals surface area contributed by atoms with Crippen molar-refractivity contribution < 1.29 is 0 Å². The lowest BCUT2D eigenvalue weighted by molar-refractivity contribution is 0.677. The molecule has 0 N–H and O–H groups in total. The van der Waals surface area contributed by atoms with Crippen molar-refractivity contribution in [2.75, 3.05) is 0 Å². The summed E-state index contributed by atoms with van der Waals surface area (Å²) < 4.78 is 1.83. The van der Waals surface area contributed by atoms with Crippen LogP contribution >= 0.6 is 11.3 Å². The van der Waals surface area contributed by atoms with Crippen molar-refractivity contribution in [1.82, 2.24) is 20.0 Å². The van der Waals surface area contributed by atoms with Crippen molar-refractivity contribution in [2.45, 2.75) is 13.5 Å². The summed E-state index contributed by atoms with van der Waals surface area (Å²) in [5.74, 6) is 0. The summed E-state index contributed by atoms with van der Waals surface area (Å²) in [6.45, 7) is 2.67. The van der Waals surface area contributed by atoms with Crippen molar-refractivity contribution in [1.29, 1.82) is 0 Å². The fourth-order valence-corrected chi connectivity index (χ4v) is 1.64. The first-order chi connectivity index (χ1) is 5.84. The molecule has 0 saturated carbocycles. The van der Waals surface area contributed by atoms with E-state index in [2.05, 4.69) is 15.3 Å². The molecule has 0 aromatic carbocycles. The van der Waals surface area contributed by atoms with Crippen LogP contribution in [0.4, 0.5) is 0 Å². The summed E-state index contributed by atoms with van der Waals surface area (Å²) in [4.78, 5) is 0. The van der Waals surface area contributed by atoms with Gasteiger partial charge in [0.15, 0.2) is 0 Å². The van der Waals surface area contributed by atoms with Crippen LogP contribution in [-0.2, 0) is 6.54 Å². The molecule has 5 heteroatoms. The number of aryl methyl sites for hydroxylation is 1. The second-order valence-electron chi connectivity index (χ2n) is 2.42. The first kappa shape index (κ1) is 7.42. The van der Waals surface area contributed by atoms with Gasteiger partial charge in [0, 0.05) is 12.4 Å². The molecular weight excluding hydrogens is 172 g/mol. The summed E-state index contributed by atoms with van der Waals surface area (Å²) >= 11 is 1.60. The van der Waals surface area contributed by atoms with E-state index in [1.807, 2.05) is 23.9 Å². The number of aromatic nitrogens is 4. The second kappa shape index (κ2) is 3.02. The Morgan fingerprint density at radius 2 is 2.42 bits per heavy atom. The highest BCUT2D eigenvalue weighted by Crippen LogP contribution is 2.08. The molecule has 0 aliphatic rings. The Morgan fingerprint density at radius 3 is 3.00 bits per heavy atom. The van der Waals surface area contributed by atoms with Gasteiger partial charge in [0.05, 0.1) is 6.54 Å². The van der Waals surface area contributed by atoms with E-state index >= 15 is 0 Å². The van der Waals surface area contributed by atoms with Crippen molar-refractivity contribution in [3.8, 4) is 0 Å². The quantitative estimate of drug-likeness (QED) is 0.695. The summed E-state index contributed by atoms with van der Waals surface area (Å²) in [6.07, 6.45) is 3.67. The molecule has 0 amide bonds. The Bertz CT molecular complexity index is 351. The molecule has 12 heavy (non-hydrogen) atoms. The fourth-order valence-electron chi connectivity index (χ4n) is 0.934. The van der Waals surface area contributed by atoms with Crippen molar-refractivity contribution >= 4 is 11.3 Å². The van der Waals surface area contributed by atoms with Gasteiger partial charge < -0.3 is 0 Å². The Kier molecular flexibility index (Phi) is 1.87. The van der Waals surface area contributed by atoms with Crippen LogP contribution in [-0.4, -0.2) is 20.0 Å². The molecule has 0 atom stereocenters. The lowest BCUT2D eigenvalue weighted by Gasteiger charge is -1.93. The maximum atomic E-state index is 4.08. The van der Waals surface area contributed by atoms with Crippen LogP contribution in [0, 0.1) is 6.92 Å². The third-order valence-electron chi connectivity index (χ3n) is 1.42. The zero-order valence-corrected chi connectivity index (χ0v) is 7.45. The summed E-state index contributed by atoms with van der Waals surface area (Å²) in [6, 6.07) is 1.90. The van der Waals surface area contributed by atoms with E-state index in [-0.39, 0.29) is 0 Å². The minimum Gasteiger partial charge on any atom is -0.266 e. The van der Waals surface area contributed by atoms with Crippen LogP contribution in [0.15, 0.2) is 18.5 Å². The molecule has 4 nitrogen and oxygen atoms in total.